The first-order chi connectivity index (χ1) is 7.65. The van der Waals surface area contributed by atoms with Crippen molar-refractivity contribution in [2.75, 3.05) is 0 Å². The van der Waals surface area contributed by atoms with Crippen molar-refractivity contribution in [3.8, 4) is 11.3 Å². The molecule has 2 nitrogen and oxygen atoms in total. The summed E-state index contributed by atoms with van der Waals surface area (Å²) in [6, 6.07) is 12.4. The number of benzene rings is 1. The smallest absolute Gasteiger partial charge is 0.134 e. The number of halogens is 1. The van der Waals surface area contributed by atoms with E-state index < -0.39 is 0 Å². The first-order valence-corrected chi connectivity index (χ1v) is 6.33. The molecule has 0 radical (unpaired) electrons. The Balaban J connectivity index is 2.24. The second-order valence-corrected chi connectivity index (χ2v) is 5.20. The van der Waals surface area contributed by atoms with Gasteiger partial charge in [-0.2, -0.15) is 0 Å². The van der Waals surface area contributed by atoms with Gasteiger partial charge in [0.1, 0.15) is 11.5 Å². The molecule has 0 saturated carbocycles. The monoisotopic (exact) mass is 327 g/mol. The molecule has 0 aliphatic carbocycles. The molecule has 0 fully saturated rings. The van der Waals surface area contributed by atoms with Gasteiger partial charge in [0.2, 0.25) is 0 Å². The highest BCUT2D eigenvalue weighted by molar-refractivity contribution is 14.1. The van der Waals surface area contributed by atoms with Crippen molar-refractivity contribution in [2.24, 2.45) is 5.73 Å². The third-order valence-corrected chi connectivity index (χ3v) is 2.96. The van der Waals surface area contributed by atoms with Crippen LogP contribution in [0.25, 0.3) is 11.3 Å². The number of hydrogen-bond donors (Lipinski definition) is 1. The lowest BCUT2D eigenvalue weighted by Gasteiger charge is -2.01. The van der Waals surface area contributed by atoms with E-state index in [1.54, 1.807) is 0 Å². The molecule has 0 aliphatic heterocycles. The summed E-state index contributed by atoms with van der Waals surface area (Å²) in [7, 11) is 0. The predicted octanol–water partition coefficient (Wildman–Crippen LogP) is 3.44. The minimum Gasteiger partial charge on any atom is -0.461 e. The van der Waals surface area contributed by atoms with Crippen molar-refractivity contribution in [1.82, 2.24) is 0 Å². The van der Waals surface area contributed by atoms with Crippen LogP contribution in [0.3, 0.4) is 0 Å². The van der Waals surface area contributed by atoms with Crippen molar-refractivity contribution >= 4 is 22.6 Å². The van der Waals surface area contributed by atoms with E-state index in [-0.39, 0.29) is 6.04 Å². The van der Waals surface area contributed by atoms with Gasteiger partial charge in [-0.25, -0.2) is 0 Å². The van der Waals surface area contributed by atoms with Crippen LogP contribution in [-0.2, 0) is 6.42 Å². The summed E-state index contributed by atoms with van der Waals surface area (Å²) < 4.78 is 6.96. The number of rotatable bonds is 3. The lowest BCUT2D eigenvalue weighted by molar-refractivity contribution is 0.503. The van der Waals surface area contributed by atoms with Crippen LogP contribution in [0.15, 0.2) is 40.8 Å². The quantitative estimate of drug-likeness (QED) is 0.877. The molecule has 2 N–H and O–H groups in total. The normalized spacial score (nSPS) is 12.7. The molecule has 1 atom stereocenters. The van der Waals surface area contributed by atoms with Crippen LogP contribution in [0.4, 0.5) is 0 Å². The van der Waals surface area contributed by atoms with Gasteiger partial charge in [0.25, 0.3) is 0 Å². The van der Waals surface area contributed by atoms with Gasteiger partial charge in [0, 0.05) is 21.6 Å². The Hall–Kier alpha value is -0.810. The Morgan fingerprint density at radius 1 is 1.31 bits per heavy atom. The Kier molecular flexibility index (Phi) is 3.66. The third kappa shape index (κ3) is 2.86. The van der Waals surface area contributed by atoms with Crippen LogP contribution in [0.2, 0.25) is 0 Å². The molecular weight excluding hydrogens is 313 g/mol. The maximum atomic E-state index is 5.75. The summed E-state index contributed by atoms with van der Waals surface area (Å²) in [5.41, 5.74) is 6.85. The summed E-state index contributed by atoms with van der Waals surface area (Å²) in [4.78, 5) is 0. The highest BCUT2D eigenvalue weighted by Gasteiger charge is 2.06. The zero-order chi connectivity index (χ0) is 11.5. The molecule has 1 aromatic heterocycles. The van der Waals surface area contributed by atoms with E-state index in [1.807, 2.05) is 25.1 Å². The van der Waals surface area contributed by atoms with E-state index in [4.69, 9.17) is 10.2 Å². The molecule has 2 rings (SSSR count). The fourth-order valence-corrected chi connectivity index (χ4v) is 2.14. The molecular formula is C13H14INO. The molecule has 3 heteroatoms. The van der Waals surface area contributed by atoms with E-state index in [9.17, 15) is 0 Å². The van der Waals surface area contributed by atoms with E-state index in [1.165, 1.54) is 3.57 Å². The van der Waals surface area contributed by atoms with Gasteiger partial charge in [0.15, 0.2) is 0 Å². The molecule has 1 unspecified atom stereocenters. The summed E-state index contributed by atoms with van der Waals surface area (Å²) in [6.45, 7) is 1.98. The zero-order valence-electron chi connectivity index (χ0n) is 9.11. The molecule has 1 heterocycles. The lowest BCUT2D eigenvalue weighted by Crippen LogP contribution is -2.17. The van der Waals surface area contributed by atoms with Crippen LogP contribution >= 0.6 is 22.6 Å². The molecule has 0 aliphatic rings. The van der Waals surface area contributed by atoms with Gasteiger partial charge in [-0.3, -0.25) is 0 Å². The lowest BCUT2D eigenvalue weighted by atomic mass is 10.2. The zero-order valence-corrected chi connectivity index (χ0v) is 11.3. The topological polar surface area (TPSA) is 39.2 Å². The van der Waals surface area contributed by atoms with E-state index in [0.717, 1.165) is 23.5 Å². The SMILES string of the molecule is CC(N)Cc1ccc(-c2cccc(I)c2)o1. The summed E-state index contributed by atoms with van der Waals surface area (Å²) in [5.74, 6) is 1.86. The Morgan fingerprint density at radius 3 is 2.81 bits per heavy atom. The van der Waals surface area contributed by atoms with Crippen LogP contribution in [0.1, 0.15) is 12.7 Å². The highest BCUT2D eigenvalue weighted by atomic mass is 127. The first kappa shape index (κ1) is 11.7. The molecule has 0 spiro atoms. The van der Waals surface area contributed by atoms with Crippen LogP contribution < -0.4 is 5.73 Å². The summed E-state index contributed by atoms with van der Waals surface area (Å²) >= 11 is 2.30. The second-order valence-electron chi connectivity index (χ2n) is 3.96. The van der Waals surface area contributed by atoms with Crippen molar-refractivity contribution in [1.29, 1.82) is 0 Å². The van der Waals surface area contributed by atoms with Gasteiger partial charge in [-0.05, 0) is 53.8 Å². The Bertz CT molecular complexity index is 476. The standard InChI is InChI=1S/C13H14INO/c1-9(15)7-12-5-6-13(16-12)10-3-2-4-11(14)8-10/h2-6,8-9H,7,15H2,1H3. The largest absolute Gasteiger partial charge is 0.461 e. The predicted molar refractivity (Wildman–Crippen MR) is 74.2 cm³/mol. The van der Waals surface area contributed by atoms with Crippen molar-refractivity contribution < 1.29 is 4.42 Å². The van der Waals surface area contributed by atoms with Crippen LogP contribution in [0.5, 0.6) is 0 Å². The number of furan rings is 1. The summed E-state index contributed by atoms with van der Waals surface area (Å²) in [5, 5.41) is 0. The molecule has 1 aromatic carbocycles. The number of nitrogens with two attached hydrogens (primary N) is 1. The van der Waals surface area contributed by atoms with Crippen molar-refractivity contribution in [3.05, 3.63) is 45.7 Å². The van der Waals surface area contributed by atoms with Gasteiger partial charge < -0.3 is 10.2 Å². The fraction of sp³-hybridized carbons (Fsp3) is 0.231. The highest BCUT2D eigenvalue weighted by Crippen LogP contribution is 2.24. The van der Waals surface area contributed by atoms with E-state index >= 15 is 0 Å². The number of hydrogen-bond acceptors (Lipinski definition) is 2. The molecule has 84 valence electrons. The fourth-order valence-electron chi connectivity index (χ4n) is 1.60. The third-order valence-electron chi connectivity index (χ3n) is 2.29. The molecule has 0 bridgehead atoms. The van der Waals surface area contributed by atoms with Gasteiger partial charge in [-0.15, -0.1) is 0 Å². The first-order valence-electron chi connectivity index (χ1n) is 5.25. The van der Waals surface area contributed by atoms with Crippen LogP contribution in [0, 0.1) is 3.57 Å². The molecule has 16 heavy (non-hydrogen) atoms. The minimum atomic E-state index is 0.134. The molecule has 0 saturated heterocycles. The maximum Gasteiger partial charge on any atom is 0.134 e. The van der Waals surface area contributed by atoms with E-state index in [0.29, 0.717) is 0 Å². The average molecular weight is 327 g/mol. The second kappa shape index (κ2) is 5.01. The van der Waals surface area contributed by atoms with E-state index in [2.05, 4.69) is 40.8 Å². The van der Waals surface area contributed by atoms with Crippen molar-refractivity contribution in [2.45, 2.75) is 19.4 Å². The van der Waals surface area contributed by atoms with Crippen LogP contribution in [-0.4, -0.2) is 6.04 Å². The maximum absolute atomic E-state index is 5.75. The van der Waals surface area contributed by atoms with Gasteiger partial charge in [0.05, 0.1) is 0 Å². The molecule has 2 aromatic rings. The van der Waals surface area contributed by atoms with Crippen molar-refractivity contribution in [3.63, 3.8) is 0 Å². The Labute approximate surface area is 109 Å². The van der Waals surface area contributed by atoms with Gasteiger partial charge >= 0.3 is 0 Å². The van der Waals surface area contributed by atoms with Gasteiger partial charge in [-0.1, -0.05) is 12.1 Å². The summed E-state index contributed by atoms with van der Waals surface area (Å²) in [6.07, 6.45) is 0.782. The molecule has 0 amide bonds. The Morgan fingerprint density at radius 2 is 2.12 bits per heavy atom. The average Bonchev–Trinajstić information content (AvgIpc) is 2.65. The minimum absolute atomic E-state index is 0.134.